The summed E-state index contributed by atoms with van der Waals surface area (Å²) in [6, 6.07) is 0.0913. The summed E-state index contributed by atoms with van der Waals surface area (Å²) in [7, 11) is 0. The van der Waals surface area contributed by atoms with E-state index in [9.17, 15) is 4.79 Å². The molecule has 0 bridgehead atoms. The van der Waals surface area contributed by atoms with E-state index in [4.69, 9.17) is 10.5 Å². The van der Waals surface area contributed by atoms with Gasteiger partial charge in [-0.05, 0) is 25.2 Å². The van der Waals surface area contributed by atoms with Crippen molar-refractivity contribution in [1.29, 1.82) is 0 Å². The van der Waals surface area contributed by atoms with Crippen LogP contribution < -0.4 is 5.73 Å². The third-order valence-electron chi connectivity index (χ3n) is 3.36. The minimum absolute atomic E-state index is 0.0860. The van der Waals surface area contributed by atoms with Gasteiger partial charge in [0.1, 0.15) is 5.78 Å². The van der Waals surface area contributed by atoms with E-state index in [0.717, 1.165) is 32.5 Å². The maximum absolute atomic E-state index is 11.9. The van der Waals surface area contributed by atoms with Gasteiger partial charge >= 0.3 is 0 Å². The molecule has 0 aromatic carbocycles. The molecule has 84 valence electrons. The molecule has 2 rings (SSSR count). The van der Waals surface area contributed by atoms with E-state index < -0.39 is 0 Å². The van der Waals surface area contributed by atoms with Gasteiger partial charge in [-0.2, -0.15) is 0 Å². The predicted molar refractivity (Wildman–Crippen MR) is 58.4 cm³/mol. The first-order valence-corrected chi connectivity index (χ1v) is 5.80. The molecule has 2 N–H and O–H groups in total. The van der Waals surface area contributed by atoms with Crippen molar-refractivity contribution in [1.82, 2.24) is 0 Å². The fourth-order valence-corrected chi connectivity index (χ4v) is 2.35. The summed E-state index contributed by atoms with van der Waals surface area (Å²) in [6.07, 6.45) is 7.52. The van der Waals surface area contributed by atoms with E-state index in [1.165, 1.54) is 0 Å². The maximum Gasteiger partial charge on any atom is 0.140 e. The van der Waals surface area contributed by atoms with Crippen LogP contribution in [0.1, 0.15) is 25.7 Å². The Morgan fingerprint density at radius 3 is 2.67 bits per heavy atom. The zero-order valence-electron chi connectivity index (χ0n) is 9.02. The van der Waals surface area contributed by atoms with Crippen LogP contribution in [0.15, 0.2) is 12.2 Å². The SMILES string of the molecule is NC1C=CC(C(=O)CC2CCOCC2)C1. The highest BCUT2D eigenvalue weighted by atomic mass is 16.5. The summed E-state index contributed by atoms with van der Waals surface area (Å²) >= 11 is 0. The summed E-state index contributed by atoms with van der Waals surface area (Å²) in [5.41, 5.74) is 5.74. The lowest BCUT2D eigenvalue weighted by molar-refractivity contribution is -0.123. The van der Waals surface area contributed by atoms with Crippen LogP contribution in [0.25, 0.3) is 0 Å². The Bertz CT molecular complexity index is 256. The lowest BCUT2D eigenvalue weighted by Crippen LogP contribution is -2.23. The minimum Gasteiger partial charge on any atom is -0.381 e. The molecule has 0 aromatic rings. The molecular weight excluding hydrogens is 190 g/mol. The summed E-state index contributed by atoms with van der Waals surface area (Å²) in [6.45, 7) is 1.63. The number of nitrogens with two attached hydrogens (primary N) is 1. The molecule has 2 atom stereocenters. The molecule has 15 heavy (non-hydrogen) atoms. The van der Waals surface area contributed by atoms with Gasteiger partial charge in [-0.3, -0.25) is 4.79 Å². The van der Waals surface area contributed by atoms with Crippen molar-refractivity contribution in [3.05, 3.63) is 12.2 Å². The number of ketones is 1. The smallest absolute Gasteiger partial charge is 0.140 e. The summed E-state index contributed by atoms with van der Waals surface area (Å²) in [5.74, 6) is 0.991. The molecule has 0 amide bonds. The molecule has 0 spiro atoms. The van der Waals surface area contributed by atoms with Gasteiger partial charge in [0.2, 0.25) is 0 Å². The fraction of sp³-hybridized carbons (Fsp3) is 0.750. The summed E-state index contributed by atoms with van der Waals surface area (Å²) in [5, 5.41) is 0. The first-order chi connectivity index (χ1) is 7.25. The van der Waals surface area contributed by atoms with E-state index in [0.29, 0.717) is 18.1 Å². The van der Waals surface area contributed by atoms with Crippen molar-refractivity contribution in [3.8, 4) is 0 Å². The van der Waals surface area contributed by atoms with Gasteiger partial charge in [0.15, 0.2) is 0 Å². The molecule has 0 saturated carbocycles. The first kappa shape index (κ1) is 10.8. The molecule has 1 aliphatic carbocycles. The molecule has 3 heteroatoms. The van der Waals surface area contributed by atoms with Gasteiger partial charge in [0, 0.05) is 31.6 Å². The van der Waals surface area contributed by atoms with E-state index in [2.05, 4.69) is 0 Å². The lowest BCUT2D eigenvalue weighted by Gasteiger charge is -2.22. The number of hydrogen-bond acceptors (Lipinski definition) is 3. The second-order valence-corrected chi connectivity index (χ2v) is 4.62. The zero-order chi connectivity index (χ0) is 10.7. The number of Topliss-reactive ketones (excluding diaryl/α,β-unsaturated/α-hetero) is 1. The average molecular weight is 209 g/mol. The summed E-state index contributed by atoms with van der Waals surface area (Å²) in [4.78, 5) is 11.9. The molecule has 1 heterocycles. The van der Waals surface area contributed by atoms with Gasteiger partial charge < -0.3 is 10.5 Å². The van der Waals surface area contributed by atoms with Gasteiger partial charge in [-0.15, -0.1) is 0 Å². The van der Waals surface area contributed by atoms with E-state index in [1.807, 2.05) is 12.2 Å². The molecule has 2 unspecified atom stereocenters. The highest BCUT2D eigenvalue weighted by Crippen LogP contribution is 2.24. The van der Waals surface area contributed by atoms with E-state index >= 15 is 0 Å². The van der Waals surface area contributed by atoms with E-state index in [1.54, 1.807) is 0 Å². The lowest BCUT2D eigenvalue weighted by atomic mass is 9.89. The maximum atomic E-state index is 11.9. The van der Waals surface area contributed by atoms with Gasteiger partial charge in [-0.25, -0.2) is 0 Å². The number of allylic oxidation sites excluding steroid dienone is 1. The third kappa shape index (κ3) is 2.89. The topological polar surface area (TPSA) is 52.3 Å². The average Bonchev–Trinajstić information content (AvgIpc) is 2.66. The largest absolute Gasteiger partial charge is 0.381 e. The fourth-order valence-electron chi connectivity index (χ4n) is 2.35. The van der Waals surface area contributed by atoms with Gasteiger partial charge in [0.05, 0.1) is 0 Å². The Labute approximate surface area is 90.7 Å². The Kier molecular flexibility index (Phi) is 3.54. The van der Waals surface area contributed by atoms with Crippen LogP contribution in [0.4, 0.5) is 0 Å². The monoisotopic (exact) mass is 209 g/mol. The van der Waals surface area contributed by atoms with Crippen molar-refractivity contribution < 1.29 is 9.53 Å². The molecule has 1 fully saturated rings. The Hall–Kier alpha value is -0.670. The van der Waals surface area contributed by atoms with Crippen molar-refractivity contribution in [2.75, 3.05) is 13.2 Å². The second-order valence-electron chi connectivity index (χ2n) is 4.62. The third-order valence-corrected chi connectivity index (χ3v) is 3.36. The molecular formula is C12H19NO2. The highest BCUT2D eigenvalue weighted by molar-refractivity contribution is 5.83. The van der Waals surface area contributed by atoms with Crippen molar-refractivity contribution in [3.63, 3.8) is 0 Å². The number of carbonyl (C=O) groups excluding carboxylic acids is 1. The predicted octanol–water partition coefficient (Wildman–Crippen LogP) is 1.28. The van der Waals surface area contributed by atoms with Crippen LogP contribution >= 0.6 is 0 Å². The minimum atomic E-state index is 0.0860. The standard InChI is InChI=1S/C12H19NO2/c13-11-2-1-10(8-11)12(14)7-9-3-5-15-6-4-9/h1-2,9-11H,3-8,13H2. The van der Waals surface area contributed by atoms with Crippen LogP contribution in [0, 0.1) is 11.8 Å². The zero-order valence-corrected chi connectivity index (χ0v) is 9.02. The molecule has 1 saturated heterocycles. The Morgan fingerprint density at radius 2 is 2.07 bits per heavy atom. The van der Waals surface area contributed by atoms with Crippen LogP contribution in [-0.2, 0) is 9.53 Å². The Balaban J connectivity index is 1.79. The molecule has 1 aliphatic heterocycles. The number of carbonyl (C=O) groups is 1. The van der Waals surface area contributed by atoms with Crippen molar-refractivity contribution in [2.24, 2.45) is 17.6 Å². The van der Waals surface area contributed by atoms with E-state index in [-0.39, 0.29) is 12.0 Å². The normalized spacial score (nSPS) is 32.1. The van der Waals surface area contributed by atoms with Crippen molar-refractivity contribution in [2.45, 2.75) is 31.7 Å². The van der Waals surface area contributed by atoms with Crippen LogP contribution in [-0.4, -0.2) is 25.0 Å². The summed E-state index contributed by atoms with van der Waals surface area (Å²) < 4.78 is 5.28. The first-order valence-electron chi connectivity index (χ1n) is 5.80. The van der Waals surface area contributed by atoms with Gasteiger partial charge in [0.25, 0.3) is 0 Å². The van der Waals surface area contributed by atoms with Crippen LogP contribution in [0.3, 0.4) is 0 Å². The van der Waals surface area contributed by atoms with Gasteiger partial charge in [-0.1, -0.05) is 12.2 Å². The number of hydrogen-bond donors (Lipinski definition) is 1. The molecule has 0 aromatic heterocycles. The highest BCUT2D eigenvalue weighted by Gasteiger charge is 2.25. The van der Waals surface area contributed by atoms with Crippen LogP contribution in [0.5, 0.6) is 0 Å². The molecule has 3 nitrogen and oxygen atoms in total. The molecule has 2 aliphatic rings. The van der Waals surface area contributed by atoms with Crippen molar-refractivity contribution >= 4 is 5.78 Å². The molecule has 0 radical (unpaired) electrons. The number of ether oxygens (including phenoxy) is 1. The number of rotatable bonds is 3. The van der Waals surface area contributed by atoms with Crippen LogP contribution in [0.2, 0.25) is 0 Å². The Morgan fingerprint density at radius 1 is 1.33 bits per heavy atom. The quantitative estimate of drug-likeness (QED) is 0.712. The second kappa shape index (κ2) is 4.90.